The number of pyridine rings is 1. The van der Waals surface area contributed by atoms with Gasteiger partial charge in [0.2, 0.25) is 0 Å². The smallest absolute Gasteiger partial charge is 0.253 e. The third kappa shape index (κ3) is 3.49. The molecule has 0 aliphatic carbocycles. The first kappa shape index (κ1) is 13.0. The molecule has 3 nitrogen and oxygen atoms in total. The van der Waals surface area contributed by atoms with Gasteiger partial charge in [-0.2, -0.15) is 0 Å². The average molecular weight is 241 g/mol. The number of nitrogens with zero attached hydrogens (tertiary/aromatic N) is 2. The van der Waals surface area contributed by atoms with Crippen LogP contribution in [0.2, 0.25) is 5.15 Å². The molecular formula is C12H17ClN2O. The van der Waals surface area contributed by atoms with E-state index in [0.29, 0.717) is 16.6 Å². The van der Waals surface area contributed by atoms with Gasteiger partial charge in [-0.1, -0.05) is 31.9 Å². The van der Waals surface area contributed by atoms with Crippen LogP contribution < -0.4 is 0 Å². The Kier molecular flexibility index (Phi) is 4.74. The average Bonchev–Trinajstić information content (AvgIpc) is 2.27. The summed E-state index contributed by atoms with van der Waals surface area (Å²) in [4.78, 5) is 17.6. The Bertz CT molecular complexity index is 368. The van der Waals surface area contributed by atoms with Crippen LogP contribution in [0.4, 0.5) is 0 Å². The van der Waals surface area contributed by atoms with Crippen LogP contribution >= 0.6 is 11.6 Å². The zero-order chi connectivity index (χ0) is 12.1. The lowest BCUT2D eigenvalue weighted by atomic mass is 10.1. The minimum absolute atomic E-state index is 0.00963. The van der Waals surface area contributed by atoms with Gasteiger partial charge in [-0.15, -0.1) is 0 Å². The lowest BCUT2D eigenvalue weighted by Crippen LogP contribution is -2.30. The van der Waals surface area contributed by atoms with E-state index in [1.54, 1.807) is 23.2 Å². The number of hydrogen-bond donors (Lipinski definition) is 0. The van der Waals surface area contributed by atoms with Crippen molar-refractivity contribution in [2.24, 2.45) is 5.92 Å². The number of halogens is 1. The highest BCUT2D eigenvalue weighted by Gasteiger charge is 2.13. The van der Waals surface area contributed by atoms with E-state index < -0.39 is 0 Å². The summed E-state index contributed by atoms with van der Waals surface area (Å²) in [5.41, 5.74) is 0.589. The highest BCUT2D eigenvalue weighted by Crippen LogP contribution is 2.11. The molecule has 4 heteroatoms. The molecule has 0 saturated heterocycles. The van der Waals surface area contributed by atoms with Gasteiger partial charge < -0.3 is 4.90 Å². The van der Waals surface area contributed by atoms with Gasteiger partial charge in [-0.25, -0.2) is 4.98 Å². The standard InChI is InChI=1S/C12H17ClN2O/c1-4-9(2)8-15(3)12(16)10-5-6-14-11(13)7-10/h5-7,9H,4,8H2,1-3H3. The molecule has 1 aromatic rings. The predicted octanol–water partition coefficient (Wildman–Crippen LogP) is 2.85. The van der Waals surface area contributed by atoms with E-state index in [2.05, 4.69) is 18.8 Å². The molecular weight excluding hydrogens is 224 g/mol. The third-order valence-electron chi connectivity index (χ3n) is 2.60. The van der Waals surface area contributed by atoms with Gasteiger partial charge >= 0.3 is 0 Å². The predicted molar refractivity (Wildman–Crippen MR) is 65.7 cm³/mol. The lowest BCUT2D eigenvalue weighted by molar-refractivity contribution is 0.0775. The van der Waals surface area contributed by atoms with Gasteiger partial charge in [0.25, 0.3) is 5.91 Å². The Hall–Kier alpha value is -1.09. The van der Waals surface area contributed by atoms with Gasteiger partial charge in [0.15, 0.2) is 0 Å². The molecule has 0 radical (unpaired) electrons. The second-order valence-corrected chi connectivity index (χ2v) is 4.45. The maximum atomic E-state index is 12.0. The van der Waals surface area contributed by atoms with E-state index in [-0.39, 0.29) is 5.91 Å². The van der Waals surface area contributed by atoms with Crippen molar-refractivity contribution in [3.05, 3.63) is 29.0 Å². The summed E-state index contributed by atoms with van der Waals surface area (Å²) < 4.78 is 0. The Morgan fingerprint density at radius 1 is 1.62 bits per heavy atom. The topological polar surface area (TPSA) is 33.2 Å². The first-order chi connectivity index (χ1) is 7.54. The number of hydrogen-bond acceptors (Lipinski definition) is 2. The molecule has 0 aliphatic rings. The molecule has 1 heterocycles. The first-order valence-corrected chi connectivity index (χ1v) is 5.79. The normalized spacial score (nSPS) is 12.2. The van der Waals surface area contributed by atoms with Crippen LogP contribution in [0.15, 0.2) is 18.3 Å². The zero-order valence-electron chi connectivity index (χ0n) is 9.90. The third-order valence-corrected chi connectivity index (χ3v) is 2.81. The molecule has 1 atom stereocenters. The second-order valence-electron chi connectivity index (χ2n) is 4.07. The van der Waals surface area contributed by atoms with Crippen LogP contribution in [0.3, 0.4) is 0 Å². The van der Waals surface area contributed by atoms with Crippen LogP contribution in [0.1, 0.15) is 30.6 Å². The van der Waals surface area contributed by atoms with E-state index in [1.807, 2.05) is 7.05 Å². The van der Waals surface area contributed by atoms with Crippen molar-refractivity contribution in [2.45, 2.75) is 20.3 Å². The maximum Gasteiger partial charge on any atom is 0.253 e. The van der Waals surface area contributed by atoms with Gasteiger partial charge in [0, 0.05) is 25.4 Å². The van der Waals surface area contributed by atoms with E-state index in [9.17, 15) is 4.79 Å². The van der Waals surface area contributed by atoms with E-state index >= 15 is 0 Å². The molecule has 0 N–H and O–H groups in total. The molecule has 0 aromatic carbocycles. The SMILES string of the molecule is CCC(C)CN(C)C(=O)c1ccnc(Cl)c1. The lowest BCUT2D eigenvalue weighted by Gasteiger charge is -2.20. The van der Waals surface area contributed by atoms with E-state index in [4.69, 9.17) is 11.6 Å². The molecule has 0 saturated carbocycles. The highest BCUT2D eigenvalue weighted by molar-refractivity contribution is 6.29. The Morgan fingerprint density at radius 2 is 2.31 bits per heavy atom. The minimum Gasteiger partial charge on any atom is -0.341 e. The highest BCUT2D eigenvalue weighted by atomic mass is 35.5. The summed E-state index contributed by atoms with van der Waals surface area (Å²) in [7, 11) is 1.81. The number of carbonyl (C=O) groups is 1. The van der Waals surface area contributed by atoms with Crippen molar-refractivity contribution in [3.8, 4) is 0 Å². The number of rotatable bonds is 4. The molecule has 1 aromatic heterocycles. The van der Waals surface area contributed by atoms with Crippen molar-refractivity contribution in [3.63, 3.8) is 0 Å². The molecule has 1 amide bonds. The monoisotopic (exact) mass is 240 g/mol. The zero-order valence-corrected chi connectivity index (χ0v) is 10.7. The second kappa shape index (κ2) is 5.85. The fraction of sp³-hybridized carbons (Fsp3) is 0.500. The summed E-state index contributed by atoms with van der Waals surface area (Å²) in [6.45, 7) is 5.00. The molecule has 88 valence electrons. The summed E-state index contributed by atoms with van der Waals surface area (Å²) in [6.07, 6.45) is 2.61. The fourth-order valence-electron chi connectivity index (χ4n) is 1.44. The van der Waals surface area contributed by atoms with Crippen molar-refractivity contribution in [1.82, 2.24) is 9.88 Å². The van der Waals surface area contributed by atoms with Gasteiger partial charge in [0.1, 0.15) is 5.15 Å². The van der Waals surface area contributed by atoms with Crippen molar-refractivity contribution in [2.75, 3.05) is 13.6 Å². The van der Waals surface area contributed by atoms with Gasteiger partial charge in [-0.3, -0.25) is 4.79 Å². The minimum atomic E-state index is -0.00963. The summed E-state index contributed by atoms with van der Waals surface area (Å²) in [5.74, 6) is 0.496. The molecule has 0 fully saturated rings. The van der Waals surface area contributed by atoms with Crippen LogP contribution in [0.5, 0.6) is 0 Å². The number of amides is 1. The van der Waals surface area contributed by atoms with Gasteiger partial charge in [0.05, 0.1) is 0 Å². The largest absolute Gasteiger partial charge is 0.341 e. The number of aromatic nitrogens is 1. The number of carbonyl (C=O) groups excluding carboxylic acids is 1. The quantitative estimate of drug-likeness (QED) is 0.759. The molecule has 0 aliphatic heterocycles. The summed E-state index contributed by atoms with van der Waals surface area (Å²) in [5, 5.41) is 0.350. The van der Waals surface area contributed by atoms with Crippen LogP contribution in [0, 0.1) is 5.92 Å². The maximum absolute atomic E-state index is 12.0. The van der Waals surface area contributed by atoms with Crippen LogP contribution in [-0.2, 0) is 0 Å². The molecule has 1 rings (SSSR count). The van der Waals surface area contributed by atoms with Crippen LogP contribution in [-0.4, -0.2) is 29.4 Å². The van der Waals surface area contributed by atoms with Crippen LogP contribution in [0.25, 0.3) is 0 Å². The Morgan fingerprint density at radius 3 is 2.88 bits per heavy atom. The molecule has 1 unspecified atom stereocenters. The van der Waals surface area contributed by atoms with Crippen molar-refractivity contribution >= 4 is 17.5 Å². The molecule has 16 heavy (non-hydrogen) atoms. The first-order valence-electron chi connectivity index (χ1n) is 5.41. The molecule has 0 bridgehead atoms. The van der Waals surface area contributed by atoms with E-state index in [0.717, 1.165) is 13.0 Å². The van der Waals surface area contributed by atoms with Gasteiger partial charge in [-0.05, 0) is 18.1 Å². The van der Waals surface area contributed by atoms with Crippen molar-refractivity contribution in [1.29, 1.82) is 0 Å². The molecule has 0 spiro atoms. The summed E-state index contributed by atoms with van der Waals surface area (Å²) >= 11 is 5.74. The Labute approximate surface area is 101 Å². The van der Waals surface area contributed by atoms with E-state index in [1.165, 1.54) is 0 Å². The fourth-order valence-corrected chi connectivity index (χ4v) is 1.61. The summed E-state index contributed by atoms with van der Waals surface area (Å²) in [6, 6.07) is 3.28. The van der Waals surface area contributed by atoms with Crippen molar-refractivity contribution < 1.29 is 4.79 Å². The Balaban J connectivity index is 2.70.